The van der Waals surface area contributed by atoms with Gasteiger partial charge < -0.3 is 18.5 Å². The van der Waals surface area contributed by atoms with Crippen LogP contribution in [0.5, 0.6) is 0 Å². The molecule has 0 aliphatic carbocycles. The minimum atomic E-state index is -1.02. The topological polar surface area (TPSA) is 40.8 Å². The van der Waals surface area contributed by atoms with Crippen molar-refractivity contribution in [1.29, 1.82) is 0 Å². The van der Waals surface area contributed by atoms with Crippen molar-refractivity contribution in [3.63, 3.8) is 0 Å². The first-order valence-corrected chi connectivity index (χ1v) is 7.64. The van der Waals surface area contributed by atoms with Gasteiger partial charge >= 0.3 is 7.12 Å². The number of rotatable bonds is 6. The quantitative estimate of drug-likeness (QED) is 0.588. The molecule has 0 radical (unpaired) electrons. The number of furan rings is 1. The fourth-order valence-corrected chi connectivity index (χ4v) is 2.22. The van der Waals surface area contributed by atoms with Crippen molar-refractivity contribution in [1.82, 2.24) is 0 Å². The monoisotopic (exact) mass is 310 g/mol. The Morgan fingerprint density at radius 3 is 2.36 bits per heavy atom. The second-order valence-corrected chi connectivity index (χ2v) is 6.34. The third-order valence-corrected chi connectivity index (χ3v) is 4.27. The van der Waals surface area contributed by atoms with Crippen LogP contribution in [-0.4, -0.2) is 31.5 Å². The normalized spacial score (nSPS) is 21.1. The van der Waals surface area contributed by atoms with E-state index in [2.05, 4.69) is 0 Å². The van der Waals surface area contributed by atoms with Crippen LogP contribution in [0, 0.1) is 0 Å². The maximum Gasteiger partial charge on any atom is 0.525 e. The van der Waals surface area contributed by atoms with Gasteiger partial charge in [0, 0.05) is 18.6 Å². The van der Waals surface area contributed by atoms with Crippen LogP contribution in [-0.2, 0) is 14.0 Å². The van der Waals surface area contributed by atoms with E-state index < -0.39 is 24.0 Å². The molecule has 2 rings (SSSR count). The first-order chi connectivity index (χ1) is 10.3. The van der Waals surface area contributed by atoms with Crippen molar-refractivity contribution >= 4 is 12.7 Å². The summed E-state index contributed by atoms with van der Waals surface area (Å²) in [4.78, 5) is 0. The summed E-state index contributed by atoms with van der Waals surface area (Å²) >= 11 is 0. The number of hydrogen-bond donors (Lipinski definition) is 0. The first-order valence-electron chi connectivity index (χ1n) is 7.64. The van der Waals surface area contributed by atoms with Gasteiger partial charge in [0.05, 0.1) is 24.1 Å². The molecule has 1 aliphatic rings. The molecule has 4 nitrogen and oxygen atoms in total. The standard InChI is InChI=1S/C16H24BFO4/c1-6-19-11-9-12(13-8-7-10-20-13)14(18)17-21-15(2,3)16(4,5)22-17/h7-8,10H,6,9,11H2,1-5H3. The van der Waals surface area contributed by atoms with Gasteiger partial charge in [-0.15, -0.1) is 0 Å². The van der Waals surface area contributed by atoms with E-state index in [1.165, 1.54) is 6.26 Å². The average Bonchev–Trinajstić information content (AvgIpc) is 3.01. The van der Waals surface area contributed by atoms with E-state index in [-0.39, 0.29) is 0 Å². The van der Waals surface area contributed by atoms with E-state index in [1.807, 2.05) is 34.6 Å². The highest BCUT2D eigenvalue weighted by Crippen LogP contribution is 2.40. The predicted octanol–water partition coefficient (Wildman–Crippen LogP) is 4.02. The predicted molar refractivity (Wildman–Crippen MR) is 83.9 cm³/mol. The Hall–Kier alpha value is -1.11. The first kappa shape index (κ1) is 17.3. The number of hydrogen-bond acceptors (Lipinski definition) is 4. The molecule has 0 aromatic carbocycles. The van der Waals surface area contributed by atoms with E-state index in [9.17, 15) is 4.39 Å². The van der Waals surface area contributed by atoms with Crippen LogP contribution in [0.3, 0.4) is 0 Å². The van der Waals surface area contributed by atoms with Gasteiger partial charge in [0.2, 0.25) is 0 Å². The van der Waals surface area contributed by atoms with Crippen molar-refractivity contribution in [2.45, 2.75) is 52.2 Å². The summed E-state index contributed by atoms with van der Waals surface area (Å²) < 4.78 is 37.2. The van der Waals surface area contributed by atoms with Gasteiger partial charge in [-0.25, -0.2) is 4.39 Å². The summed E-state index contributed by atoms with van der Waals surface area (Å²) in [6, 6.07) is 3.46. The number of halogens is 1. The van der Waals surface area contributed by atoms with E-state index >= 15 is 0 Å². The van der Waals surface area contributed by atoms with Gasteiger partial charge in [-0.3, -0.25) is 0 Å². The molecule has 1 aromatic rings. The molecule has 1 aromatic heterocycles. The summed E-state index contributed by atoms with van der Waals surface area (Å²) in [5.41, 5.74) is -1.18. The van der Waals surface area contributed by atoms with Gasteiger partial charge in [-0.1, -0.05) is 0 Å². The molecular formula is C16H24BFO4. The van der Waals surface area contributed by atoms with Crippen LogP contribution in [0.1, 0.15) is 46.8 Å². The van der Waals surface area contributed by atoms with Crippen molar-refractivity contribution in [2.24, 2.45) is 0 Å². The second-order valence-electron chi connectivity index (χ2n) is 6.34. The van der Waals surface area contributed by atoms with Crippen LogP contribution in [0.25, 0.3) is 5.57 Å². The molecular weight excluding hydrogens is 286 g/mol. The summed E-state index contributed by atoms with van der Waals surface area (Å²) in [7, 11) is -1.02. The number of ether oxygens (including phenoxy) is 1. The summed E-state index contributed by atoms with van der Waals surface area (Å²) in [5, 5.41) is 0. The SMILES string of the molecule is CCOCCC(=C(F)B1OC(C)(C)C(C)(C)O1)c1ccco1. The van der Waals surface area contributed by atoms with Crippen LogP contribution in [0.15, 0.2) is 28.5 Å². The Morgan fingerprint density at radius 2 is 1.86 bits per heavy atom. The van der Waals surface area contributed by atoms with Crippen LogP contribution >= 0.6 is 0 Å². The Labute approximate surface area is 131 Å². The van der Waals surface area contributed by atoms with Crippen LogP contribution in [0.2, 0.25) is 0 Å². The van der Waals surface area contributed by atoms with Crippen molar-refractivity contribution in [2.75, 3.05) is 13.2 Å². The largest absolute Gasteiger partial charge is 0.525 e. The summed E-state index contributed by atoms with van der Waals surface area (Å²) in [5.74, 6) is 0.479. The van der Waals surface area contributed by atoms with Crippen molar-refractivity contribution < 1.29 is 22.9 Å². The molecule has 6 heteroatoms. The zero-order valence-corrected chi connectivity index (χ0v) is 13.9. The lowest BCUT2D eigenvalue weighted by Crippen LogP contribution is -2.41. The molecule has 0 saturated carbocycles. The smallest absolute Gasteiger partial charge is 0.465 e. The van der Waals surface area contributed by atoms with E-state index in [0.29, 0.717) is 31.0 Å². The minimum Gasteiger partial charge on any atom is -0.465 e. The maximum absolute atomic E-state index is 15.0. The van der Waals surface area contributed by atoms with Gasteiger partial charge in [0.25, 0.3) is 0 Å². The highest BCUT2D eigenvalue weighted by atomic mass is 19.1. The zero-order chi connectivity index (χ0) is 16.4. The highest BCUT2D eigenvalue weighted by Gasteiger charge is 2.53. The molecule has 122 valence electrons. The molecule has 1 saturated heterocycles. The minimum absolute atomic E-state index is 0.400. The second kappa shape index (κ2) is 6.56. The molecule has 22 heavy (non-hydrogen) atoms. The third kappa shape index (κ3) is 3.45. The highest BCUT2D eigenvalue weighted by molar-refractivity contribution is 6.55. The molecule has 0 unspecified atom stereocenters. The lowest BCUT2D eigenvalue weighted by atomic mass is 9.83. The lowest BCUT2D eigenvalue weighted by Gasteiger charge is -2.32. The molecule has 0 spiro atoms. The fourth-order valence-electron chi connectivity index (χ4n) is 2.22. The molecule has 0 N–H and O–H groups in total. The van der Waals surface area contributed by atoms with Gasteiger partial charge in [0.15, 0.2) is 0 Å². The fraction of sp³-hybridized carbons (Fsp3) is 0.625. The maximum atomic E-state index is 15.0. The van der Waals surface area contributed by atoms with Gasteiger partial charge in [0.1, 0.15) is 11.5 Å². The molecule has 0 bridgehead atoms. The van der Waals surface area contributed by atoms with Gasteiger partial charge in [-0.2, -0.15) is 0 Å². The average molecular weight is 310 g/mol. The molecule has 0 atom stereocenters. The molecule has 1 fully saturated rings. The Balaban J connectivity index is 2.26. The lowest BCUT2D eigenvalue weighted by molar-refractivity contribution is 0.00578. The van der Waals surface area contributed by atoms with Crippen LogP contribution < -0.4 is 0 Å². The molecule has 0 amide bonds. The zero-order valence-electron chi connectivity index (χ0n) is 13.9. The Morgan fingerprint density at radius 1 is 1.23 bits per heavy atom. The van der Waals surface area contributed by atoms with Crippen LogP contribution in [0.4, 0.5) is 4.39 Å². The van der Waals surface area contributed by atoms with E-state index in [4.69, 9.17) is 18.5 Å². The van der Waals surface area contributed by atoms with Crippen molar-refractivity contribution in [3.05, 3.63) is 29.9 Å². The molecule has 2 heterocycles. The summed E-state index contributed by atoms with van der Waals surface area (Å²) in [6.07, 6.45) is 1.92. The Bertz CT molecular complexity index is 506. The van der Waals surface area contributed by atoms with E-state index in [1.54, 1.807) is 12.1 Å². The Kier molecular flexibility index (Phi) is 5.15. The van der Waals surface area contributed by atoms with E-state index in [0.717, 1.165) is 0 Å². The molecule has 1 aliphatic heterocycles. The van der Waals surface area contributed by atoms with Gasteiger partial charge in [-0.05, 0) is 46.8 Å². The van der Waals surface area contributed by atoms with Crippen molar-refractivity contribution in [3.8, 4) is 0 Å². The third-order valence-electron chi connectivity index (χ3n) is 4.27. The summed E-state index contributed by atoms with van der Waals surface area (Å²) in [6.45, 7) is 10.5.